The van der Waals surface area contributed by atoms with E-state index in [-0.39, 0.29) is 11.6 Å². The van der Waals surface area contributed by atoms with Crippen LogP contribution in [0.3, 0.4) is 0 Å². The summed E-state index contributed by atoms with van der Waals surface area (Å²) in [6, 6.07) is 4.03. The molecule has 0 aliphatic carbocycles. The molecule has 0 spiro atoms. The fourth-order valence-electron chi connectivity index (χ4n) is 1.40. The van der Waals surface area contributed by atoms with Gasteiger partial charge >= 0.3 is 6.18 Å². The Hall–Kier alpha value is -2.18. The zero-order valence-corrected chi connectivity index (χ0v) is 8.88. The average Bonchev–Trinajstić information content (AvgIpc) is 2.66. The molecule has 3 N–H and O–H groups in total. The number of anilines is 3. The largest absolute Gasteiger partial charge is 0.447 e. The SMILES string of the molecule is Nc1occc1Nc1ccc(F)c(C(F)(F)F)c1. The van der Waals surface area contributed by atoms with Crippen LogP contribution in [0.1, 0.15) is 5.56 Å². The van der Waals surface area contributed by atoms with Gasteiger partial charge in [0.15, 0.2) is 0 Å². The molecule has 0 radical (unpaired) electrons. The van der Waals surface area contributed by atoms with Gasteiger partial charge in [-0.1, -0.05) is 0 Å². The van der Waals surface area contributed by atoms with Gasteiger partial charge in [0.2, 0.25) is 5.88 Å². The van der Waals surface area contributed by atoms with E-state index in [1.807, 2.05) is 0 Å². The predicted molar refractivity (Wildman–Crippen MR) is 57.8 cm³/mol. The van der Waals surface area contributed by atoms with Gasteiger partial charge in [0.25, 0.3) is 0 Å². The topological polar surface area (TPSA) is 51.2 Å². The fourth-order valence-corrected chi connectivity index (χ4v) is 1.40. The zero-order valence-electron chi connectivity index (χ0n) is 8.88. The average molecular weight is 260 g/mol. The van der Waals surface area contributed by atoms with Crippen LogP contribution in [0.2, 0.25) is 0 Å². The molecular formula is C11H8F4N2O. The first kappa shape index (κ1) is 12.3. The summed E-state index contributed by atoms with van der Waals surface area (Å²) in [5.74, 6) is -1.29. The van der Waals surface area contributed by atoms with Gasteiger partial charge in [0.05, 0.1) is 11.8 Å². The third-order valence-electron chi connectivity index (χ3n) is 2.25. The van der Waals surface area contributed by atoms with E-state index >= 15 is 0 Å². The van der Waals surface area contributed by atoms with Crippen molar-refractivity contribution in [1.29, 1.82) is 0 Å². The Bertz CT molecular complexity index is 562. The molecule has 2 rings (SSSR count). The molecule has 2 aromatic rings. The van der Waals surface area contributed by atoms with Gasteiger partial charge < -0.3 is 15.5 Å². The molecule has 0 atom stereocenters. The van der Waals surface area contributed by atoms with E-state index in [2.05, 4.69) is 5.32 Å². The molecule has 0 aliphatic heterocycles. The first-order valence-corrected chi connectivity index (χ1v) is 4.84. The van der Waals surface area contributed by atoms with Gasteiger partial charge in [-0.25, -0.2) is 4.39 Å². The second kappa shape index (κ2) is 4.25. The fraction of sp³-hybridized carbons (Fsp3) is 0.0909. The summed E-state index contributed by atoms with van der Waals surface area (Å²) in [6.45, 7) is 0. The lowest BCUT2D eigenvalue weighted by Crippen LogP contribution is -2.08. The molecule has 0 fully saturated rings. The number of furan rings is 1. The Balaban J connectivity index is 2.33. The molecule has 0 saturated heterocycles. The summed E-state index contributed by atoms with van der Waals surface area (Å²) in [6.07, 6.45) is -3.46. The summed E-state index contributed by atoms with van der Waals surface area (Å²) in [4.78, 5) is 0. The minimum absolute atomic E-state index is 0.0351. The Morgan fingerprint density at radius 2 is 1.89 bits per heavy atom. The van der Waals surface area contributed by atoms with Crippen molar-refractivity contribution in [2.45, 2.75) is 6.18 Å². The maximum absolute atomic E-state index is 13.0. The number of hydrogen-bond acceptors (Lipinski definition) is 3. The standard InChI is InChI=1S/C11H8F4N2O/c12-8-2-1-6(5-7(8)11(13,14)15)17-9-3-4-18-10(9)16/h1-5,17H,16H2. The molecule has 1 aromatic heterocycles. The van der Waals surface area contributed by atoms with E-state index in [9.17, 15) is 17.6 Å². The summed E-state index contributed by atoms with van der Waals surface area (Å²) in [5, 5.41) is 2.61. The number of nitrogen functional groups attached to an aromatic ring is 1. The molecule has 1 heterocycles. The highest BCUT2D eigenvalue weighted by Crippen LogP contribution is 2.34. The number of alkyl halides is 3. The van der Waals surface area contributed by atoms with Crippen LogP contribution in [0.4, 0.5) is 34.8 Å². The van der Waals surface area contributed by atoms with Gasteiger partial charge in [-0.15, -0.1) is 0 Å². The maximum atomic E-state index is 13.0. The summed E-state index contributed by atoms with van der Waals surface area (Å²) in [7, 11) is 0. The number of nitrogens with two attached hydrogens (primary N) is 1. The highest BCUT2D eigenvalue weighted by Gasteiger charge is 2.34. The van der Waals surface area contributed by atoms with Crippen LogP contribution in [-0.2, 0) is 6.18 Å². The molecule has 0 aliphatic rings. The van der Waals surface area contributed by atoms with Crippen LogP contribution < -0.4 is 11.1 Å². The van der Waals surface area contributed by atoms with Crippen LogP contribution >= 0.6 is 0 Å². The van der Waals surface area contributed by atoms with Crippen LogP contribution in [0.15, 0.2) is 34.9 Å². The van der Waals surface area contributed by atoms with E-state index in [4.69, 9.17) is 10.2 Å². The molecule has 7 heteroatoms. The summed E-state index contributed by atoms with van der Waals surface area (Å²) < 4.78 is 55.2. The number of rotatable bonds is 2. The van der Waals surface area contributed by atoms with E-state index in [0.717, 1.165) is 6.07 Å². The molecule has 0 saturated carbocycles. The van der Waals surface area contributed by atoms with Crippen molar-refractivity contribution in [3.05, 3.63) is 41.9 Å². The van der Waals surface area contributed by atoms with Crippen molar-refractivity contribution in [1.82, 2.24) is 0 Å². The number of nitrogens with one attached hydrogen (secondary N) is 1. The second-order valence-corrected chi connectivity index (χ2v) is 3.52. The van der Waals surface area contributed by atoms with Crippen molar-refractivity contribution in [3.8, 4) is 0 Å². The Labute approximate surface area is 99.2 Å². The van der Waals surface area contributed by atoms with Gasteiger partial charge in [0.1, 0.15) is 11.5 Å². The Morgan fingerprint density at radius 3 is 2.44 bits per heavy atom. The van der Waals surface area contributed by atoms with Crippen molar-refractivity contribution < 1.29 is 22.0 Å². The van der Waals surface area contributed by atoms with Crippen molar-refractivity contribution in [3.63, 3.8) is 0 Å². The second-order valence-electron chi connectivity index (χ2n) is 3.52. The zero-order chi connectivity index (χ0) is 13.3. The van der Waals surface area contributed by atoms with Crippen molar-refractivity contribution >= 4 is 17.3 Å². The van der Waals surface area contributed by atoms with Crippen molar-refractivity contribution in [2.75, 3.05) is 11.1 Å². The third-order valence-corrected chi connectivity index (χ3v) is 2.25. The Kier molecular flexibility index (Phi) is 2.90. The van der Waals surface area contributed by atoms with E-state index in [1.165, 1.54) is 18.4 Å². The highest BCUT2D eigenvalue weighted by molar-refractivity contribution is 5.68. The van der Waals surface area contributed by atoms with Crippen LogP contribution in [0, 0.1) is 5.82 Å². The molecule has 0 unspecified atom stereocenters. The van der Waals surface area contributed by atoms with Crippen LogP contribution in [-0.4, -0.2) is 0 Å². The minimum Gasteiger partial charge on any atom is -0.447 e. The first-order valence-electron chi connectivity index (χ1n) is 4.84. The molecule has 0 amide bonds. The lowest BCUT2D eigenvalue weighted by Gasteiger charge is -2.11. The van der Waals surface area contributed by atoms with E-state index in [1.54, 1.807) is 0 Å². The number of benzene rings is 1. The smallest absolute Gasteiger partial charge is 0.419 e. The molecular weight excluding hydrogens is 252 g/mol. The molecule has 1 aromatic carbocycles. The Morgan fingerprint density at radius 1 is 1.17 bits per heavy atom. The maximum Gasteiger partial charge on any atom is 0.419 e. The molecule has 0 bridgehead atoms. The molecule has 18 heavy (non-hydrogen) atoms. The van der Waals surface area contributed by atoms with Crippen LogP contribution in [0.5, 0.6) is 0 Å². The predicted octanol–water partition coefficient (Wildman–Crippen LogP) is 3.76. The monoisotopic (exact) mass is 260 g/mol. The normalized spacial score (nSPS) is 11.6. The summed E-state index contributed by atoms with van der Waals surface area (Å²) >= 11 is 0. The number of hydrogen-bond donors (Lipinski definition) is 2. The lowest BCUT2D eigenvalue weighted by atomic mass is 10.2. The van der Waals surface area contributed by atoms with Gasteiger partial charge in [-0.2, -0.15) is 13.2 Å². The molecule has 96 valence electrons. The minimum atomic E-state index is -4.75. The summed E-state index contributed by atoms with van der Waals surface area (Å²) in [5.41, 5.74) is 4.46. The van der Waals surface area contributed by atoms with Crippen molar-refractivity contribution in [2.24, 2.45) is 0 Å². The van der Waals surface area contributed by atoms with Gasteiger partial charge in [0, 0.05) is 11.8 Å². The quantitative estimate of drug-likeness (QED) is 0.808. The van der Waals surface area contributed by atoms with E-state index < -0.39 is 17.6 Å². The molecule has 3 nitrogen and oxygen atoms in total. The highest BCUT2D eigenvalue weighted by atomic mass is 19.4. The van der Waals surface area contributed by atoms with Crippen LogP contribution in [0.25, 0.3) is 0 Å². The third kappa shape index (κ3) is 2.39. The van der Waals surface area contributed by atoms with Gasteiger partial charge in [-0.05, 0) is 18.2 Å². The number of halogens is 4. The van der Waals surface area contributed by atoms with E-state index in [0.29, 0.717) is 11.8 Å². The first-order chi connectivity index (χ1) is 8.38. The lowest BCUT2D eigenvalue weighted by molar-refractivity contribution is -0.139. The van der Waals surface area contributed by atoms with Gasteiger partial charge in [-0.3, -0.25) is 0 Å².